The number of hydrogen-bond acceptors (Lipinski definition) is 5. The lowest BCUT2D eigenvalue weighted by molar-refractivity contribution is -0.384. The van der Waals surface area contributed by atoms with E-state index < -0.39 is 16.7 Å². The number of ether oxygens (including phenoxy) is 1. The van der Waals surface area contributed by atoms with Crippen LogP contribution in [-0.2, 0) is 6.54 Å². The number of fused-ring (bicyclic) bond motifs is 1. The fourth-order valence-corrected chi connectivity index (χ4v) is 2.74. The lowest BCUT2D eigenvalue weighted by Crippen LogP contribution is -2.29. The number of hydrogen-bond donors (Lipinski definition) is 0. The largest absolute Gasteiger partial charge is 0.496 e. The average molecular weight is 326 g/mol. The Morgan fingerprint density at radius 3 is 2.46 bits per heavy atom. The molecule has 0 saturated heterocycles. The van der Waals surface area contributed by atoms with Crippen LogP contribution in [0.15, 0.2) is 36.4 Å². The monoisotopic (exact) mass is 326 g/mol. The van der Waals surface area contributed by atoms with Crippen LogP contribution in [-0.4, -0.2) is 28.7 Å². The van der Waals surface area contributed by atoms with E-state index in [1.165, 1.54) is 19.2 Å². The first-order valence-electron chi connectivity index (χ1n) is 7.20. The molecule has 1 heterocycles. The predicted molar refractivity (Wildman–Crippen MR) is 85.0 cm³/mol. The number of rotatable bonds is 4. The second-order valence-corrected chi connectivity index (χ2v) is 5.50. The van der Waals surface area contributed by atoms with Crippen LogP contribution in [0.25, 0.3) is 0 Å². The molecular weight excluding hydrogens is 312 g/mol. The van der Waals surface area contributed by atoms with Gasteiger partial charge in [0.15, 0.2) is 0 Å². The predicted octanol–water partition coefficient (Wildman–Crippen LogP) is 2.71. The molecule has 0 bridgehead atoms. The van der Waals surface area contributed by atoms with Crippen molar-refractivity contribution in [2.24, 2.45) is 0 Å². The summed E-state index contributed by atoms with van der Waals surface area (Å²) in [6, 6.07) is 9.16. The Hall–Kier alpha value is -3.22. The van der Waals surface area contributed by atoms with E-state index in [2.05, 4.69) is 0 Å². The third-order valence-electron chi connectivity index (χ3n) is 3.93. The maximum Gasteiger partial charge on any atom is 0.270 e. The first-order chi connectivity index (χ1) is 11.4. The number of nitro benzene ring substituents is 1. The number of methoxy groups -OCH3 is 1. The highest BCUT2D eigenvalue weighted by atomic mass is 16.6. The molecule has 2 amide bonds. The highest BCUT2D eigenvalue weighted by Gasteiger charge is 2.37. The summed E-state index contributed by atoms with van der Waals surface area (Å²) in [6.07, 6.45) is 0. The third kappa shape index (κ3) is 2.50. The van der Waals surface area contributed by atoms with E-state index in [1.807, 2.05) is 19.1 Å². The highest BCUT2D eigenvalue weighted by Crippen LogP contribution is 2.30. The molecule has 2 aromatic rings. The van der Waals surface area contributed by atoms with Gasteiger partial charge in [0.2, 0.25) is 0 Å². The summed E-state index contributed by atoms with van der Waals surface area (Å²) in [5, 5.41) is 10.9. The van der Waals surface area contributed by atoms with Gasteiger partial charge < -0.3 is 4.74 Å². The molecule has 0 radical (unpaired) electrons. The topological polar surface area (TPSA) is 89.8 Å². The van der Waals surface area contributed by atoms with Crippen molar-refractivity contribution in [2.75, 3.05) is 7.11 Å². The summed E-state index contributed by atoms with van der Waals surface area (Å²) in [5.74, 6) is -0.432. The maximum absolute atomic E-state index is 12.5. The molecule has 1 aliphatic heterocycles. The Labute approximate surface area is 137 Å². The van der Waals surface area contributed by atoms with E-state index in [4.69, 9.17) is 4.74 Å². The molecule has 2 aromatic carbocycles. The molecule has 0 unspecified atom stereocenters. The summed E-state index contributed by atoms with van der Waals surface area (Å²) < 4.78 is 5.27. The lowest BCUT2D eigenvalue weighted by Gasteiger charge is -2.16. The van der Waals surface area contributed by atoms with Crippen LogP contribution < -0.4 is 4.74 Å². The van der Waals surface area contributed by atoms with Crippen LogP contribution in [0.3, 0.4) is 0 Å². The second kappa shape index (κ2) is 5.77. The minimum Gasteiger partial charge on any atom is -0.496 e. The van der Waals surface area contributed by atoms with Crippen molar-refractivity contribution in [3.63, 3.8) is 0 Å². The molecule has 7 heteroatoms. The zero-order valence-corrected chi connectivity index (χ0v) is 13.1. The van der Waals surface area contributed by atoms with E-state index in [-0.39, 0.29) is 23.4 Å². The van der Waals surface area contributed by atoms with E-state index >= 15 is 0 Å². The number of carbonyl (C=O) groups is 2. The first-order valence-corrected chi connectivity index (χ1v) is 7.20. The zero-order valence-electron chi connectivity index (χ0n) is 13.1. The van der Waals surface area contributed by atoms with E-state index in [1.54, 1.807) is 6.07 Å². The normalized spacial score (nSPS) is 13.2. The highest BCUT2D eigenvalue weighted by molar-refractivity contribution is 6.21. The van der Waals surface area contributed by atoms with Gasteiger partial charge in [0.05, 0.1) is 29.7 Å². The molecule has 0 spiro atoms. The number of carbonyl (C=O) groups excluding carboxylic acids is 2. The van der Waals surface area contributed by atoms with Crippen molar-refractivity contribution in [3.05, 3.63) is 68.8 Å². The Kier molecular flexibility index (Phi) is 3.76. The van der Waals surface area contributed by atoms with Crippen LogP contribution in [0.2, 0.25) is 0 Å². The van der Waals surface area contributed by atoms with Crippen molar-refractivity contribution in [2.45, 2.75) is 13.5 Å². The van der Waals surface area contributed by atoms with E-state index in [0.29, 0.717) is 11.3 Å². The molecule has 0 N–H and O–H groups in total. The van der Waals surface area contributed by atoms with Gasteiger partial charge in [-0.3, -0.25) is 24.6 Å². The summed E-state index contributed by atoms with van der Waals surface area (Å²) in [4.78, 5) is 36.3. The SMILES string of the molecule is COc1ccc(C)cc1CN1C(=O)c2ccc([N+](=O)[O-])cc2C1=O. The Morgan fingerprint density at radius 2 is 1.79 bits per heavy atom. The molecule has 3 rings (SSSR count). The minimum atomic E-state index is -0.593. The molecule has 0 aromatic heterocycles. The second-order valence-electron chi connectivity index (χ2n) is 5.50. The zero-order chi connectivity index (χ0) is 17.4. The number of imide groups is 1. The Bertz CT molecular complexity index is 875. The molecule has 24 heavy (non-hydrogen) atoms. The summed E-state index contributed by atoms with van der Waals surface area (Å²) in [7, 11) is 1.51. The molecule has 1 aliphatic rings. The van der Waals surface area contributed by atoms with Crippen LogP contribution >= 0.6 is 0 Å². The molecule has 0 saturated carbocycles. The van der Waals surface area contributed by atoms with Crippen LogP contribution in [0.5, 0.6) is 5.75 Å². The minimum absolute atomic E-state index is 0.0466. The van der Waals surface area contributed by atoms with E-state index in [0.717, 1.165) is 16.5 Å². The third-order valence-corrected chi connectivity index (χ3v) is 3.93. The molecule has 7 nitrogen and oxygen atoms in total. The fraction of sp³-hybridized carbons (Fsp3) is 0.176. The first kappa shape index (κ1) is 15.7. The standard InChI is InChI=1S/C17H14N2O5/c1-10-3-6-15(24-2)11(7-10)9-18-16(20)13-5-4-12(19(22)23)8-14(13)17(18)21/h3-8H,9H2,1-2H3. The lowest BCUT2D eigenvalue weighted by atomic mass is 10.1. The van der Waals surface area contributed by atoms with Crippen LogP contribution in [0.1, 0.15) is 31.8 Å². The van der Waals surface area contributed by atoms with Crippen molar-refractivity contribution in [1.29, 1.82) is 0 Å². The van der Waals surface area contributed by atoms with Crippen molar-refractivity contribution < 1.29 is 19.2 Å². The number of non-ortho nitro benzene ring substituents is 1. The van der Waals surface area contributed by atoms with Gasteiger partial charge in [-0.25, -0.2) is 0 Å². The molecule has 0 fully saturated rings. The summed E-state index contributed by atoms with van der Waals surface area (Å²) in [5.41, 5.74) is 1.68. The molecular formula is C17H14N2O5. The molecule has 122 valence electrons. The number of benzene rings is 2. The number of nitro groups is 1. The summed E-state index contributed by atoms with van der Waals surface area (Å²) in [6.45, 7) is 1.94. The van der Waals surface area contributed by atoms with Gasteiger partial charge in [-0.15, -0.1) is 0 Å². The molecule has 0 aliphatic carbocycles. The van der Waals surface area contributed by atoms with Gasteiger partial charge >= 0.3 is 0 Å². The Morgan fingerprint density at radius 1 is 1.08 bits per heavy atom. The van der Waals surface area contributed by atoms with Crippen molar-refractivity contribution in [1.82, 2.24) is 4.90 Å². The van der Waals surface area contributed by atoms with Crippen LogP contribution in [0.4, 0.5) is 5.69 Å². The van der Waals surface area contributed by atoms with E-state index in [9.17, 15) is 19.7 Å². The van der Waals surface area contributed by atoms with Crippen LogP contribution in [0, 0.1) is 17.0 Å². The maximum atomic E-state index is 12.5. The average Bonchev–Trinajstić information content (AvgIpc) is 2.79. The van der Waals surface area contributed by atoms with Gasteiger partial charge in [0.1, 0.15) is 5.75 Å². The van der Waals surface area contributed by atoms with Gasteiger partial charge in [0.25, 0.3) is 17.5 Å². The number of nitrogens with zero attached hydrogens (tertiary/aromatic N) is 2. The smallest absolute Gasteiger partial charge is 0.270 e. The quantitative estimate of drug-likeness (QED) is 0.489. The van der Waals surface area contributed by atoms with Gasteiger partial charge in [-0.1, -0.05) is 17.7 Å². The van der Waals surface area contributed by atoms with Gasteiger partial charge in [-0.2, -0.15) is 0 Å². The summed E-state index contributed by atoms with van der Waals surface area (Å²) >= 11 is 0. The number of amides is 2. The molecule has 0 atom stereocenters. The Balaban J connectivity index is 1.97. The van der Waals surface area contributed by atoms with Gasteiger partial charge in [0, 0.05) is 17.7 Å². The fourth-order valence-electron chi connectivity index (χ4n) is 2.74. The number of aryl methyl sites for hydroxylation is 1. The van der Waals surface area contributed by atoms with Crippen molar-refractivity contribution >= 4 is 17.5 Å². The van der Waals surface area contributed by atoms with Crippen molar-refractivity contribution in [3.8, 4) is 5.75 Å². The van der Waals surface area contributed by atoms with Gasteiger partial charge in [-0.05, 0) is 19.1 Å².